The Balaban J connectivity index is 1.26. The van der Waals surface area contributed by atoms with Crippen LogP contribution in [0, 0.1) is 5.92 Å². The van der Waals surface area contributed by atoms with Gasteiger partial charge in [-0.15, -0.1) is 11.8 Å². The highest BCUT2D eigenvalue weighted by Gasteiger charge is 2.21. The Kier molecular flexibility index (Phi) is 11.1. The third-order valence-electron chi connectivity index (χ3n) is 8.62. The van der Waals surface area contributed by atoms with Crippen LogP contribution < -0.4 is 10.6 Å². The molecule has 0 aliphatic carbocycles. The Hall–Kier alpha value is -2.22. The molecule has 2 aliphatic heterocycles. The monoisotopic (exact) mass is 624 g/mol. The number of thioether (sulfide) groups is 1. The molecule has 0 saturated carbocycles. The predicted molar refractivity (Wildman–Crippen MR) is 178 cm³/mol. The molecule has 2 fully saturated rings. The lowest BCUT2D eigenvalue weighted by atomic mass is 9.90. The molecule has 5 nitrogen and oxygen atoms in total. The van der Waals surface area contributed by atoms with E-state index >= 15 is 0 Å². The number of rotatable bonds is 9. The SMILES string of the molecule is CNC(=O)NCC1CCN(Cc2cc(CSc3ccc(C4CCN(C)CC4)cc3)cc(-c3cc(Cl)cc(Cl)c3)c2)CC1. The molecule has 0 bridgehead atoms. The first-order chi connectivity index (χ1) is 20.3. The first-order valence-corrected chi connectivity index (χ1v) is 16.8. The van der Waals surface area contributed by atoms with E-state index in [2.05, 4.69) is 69.9 Å². The number of likely N-dealkylation sites (tertiary alicyclic amines) is 2. The Morgan fingerprint density at radius 1 is 0.857 bits per heavy atom. The van der Waals surface area contributed by atoms with Gasteiger partial charge in [0.2, 0.25) is 0 Å². The summed E-state index contributed by atoms with van der Waals surface area (Å²) in [6.07, 6.45) is 4.67. The van der Waals surface area contributed by atoms with Crippen LogP contribution in [0.2, 0.25) is 10.0 Å². The van der Waals surface area contributed by atoms with Gasteiger partial charge < -0.3 is 15.5 Å². The molecule has 42 heavy (non-hydrogen) atoms. The highest BCUT2D eigenvalue weighted by Crippen LogP contribution is 2.33. The number of hydrogen-bond donors (Lipinski definition) is 2. The van der Waals surface area contributed by atoms with Gasteiger partial charge in [-0.1, -0.05) is 47.5 Å². The van der Waals surface area contributed by atoms with Crippen molar-refractivity contribution in [2.45, 2.75) is 48.8 Å². The summed E-state index contributed by atoms with van der Waals surface area (Å²) in [4.78, 5) is 17.8. The second-order valence-electron chi connectivity index (χ2n) is 11.8. The van der Waals surface area contributed by atoms with Gasteiger partial charge >= 0.3 is 6.03 Å². The summed E-state index contributed by atoms with van der Waals surface area (Å²) in [7, 11) is 3.87. The second kappa shape index (κ2) is 15.0. The fourth-order valence-corrected chi connectivity index (χ4v) is 7.46. The van der Waals surface area contributed by atoms with Gasteiger partial charge in [-0.2, -0.15) is 0 Å². The highest BCUT2D eigenvalue weighted by atomic mass is 35.5. The second-order valence-corrected chi connectivity index (χ2v) is 13.7. The van der Waals surface area contributed by atoms with Crippen molar-refractivity contribution in [1.29, 1.82) is 0 Å². The van der Waals surface area contributed by atoms with Crippen LogP contribution in [0.25, 0.3) is 11.1 Å². The minimum atomic E-state index is -0.103. The summed E-state index contributed by atoms with van der Waals surface area (Å²) in [5, 5.41) is 6.90. The first kappa shape index (κ1) is 31.2. The number of nitrogens with zero attached hydrogens (tertiary/aromatic N) is 2. The molecule has 0 spiro atoms. The number of piperidine rings is 2. The van der Waals surface area contributed by atoms with Gasteiger partial charge in [0, 0.05) is 40.8 Å². The van der Waals surface area contributed by atoms with E-state index in [0.29, 0.717) is 21.9 Å². The van der Waals surface area contributed by atoms with E-state index < -0.39 is 0 Å². The van der Waals surface area contributed by atoms with Gasteiger partial charge in [-0.25, -0.2) is 4.79 Å². The molecule has 3 aromatic carbocycles. The molecule has 8 heteroatoms. The van der Waals surface area contributed by atoms with E-state index in [1.165, 1.54) is 47.5 Å². The van der Waals surface area contributed by atoms with Crippen molar-refractivity contribution in [1.82, 2.24) is 20.4 Å². The van der Waals surface area contributed by atoms with Crippen LogP contribution in [0.4, 0.5) is 4.79 Å². The lowest BCUT2D eigenvalue weighted by molar-refractivity contribution is 0.175. The average Bonchev–Trinajstić information content (AvgIpc) is 2.99. The maximum atomic E-state index is 11.6. The lowest BCUT2D eigenvalue weighted by Gasteiger charge is -2.32. The molecule has 0 radical (unpaired) electrons. The minimum Gasteiger partial charge on any atom is -0.341 e. The normalized spacial score (nSPS) is 17.3. The Labute approximate surface area is 265 Å². The summed E-state index contributed by atoms with van der Waals surface area (Å²) in [6, 6.07) is 21.9. The van der Waals surface area contributed by atoms with Crippen LogP contribution in [0.5, 0.6) is 0 Å². The molecular weight excluding hydrogens is 583 g/mol. The molecule has 0 aromatic heterocycles. The number of carbonyl (C=O) groups is 1. The quantitative estimate of drug-likeness (QED) is 0.238. The summed E-state index contributed by atoms with van der Waals surface area (Å²) in [5.41, 5.74) is 6.27. The lowest BCUT2D eigenvalue weighted by Crippen LogP contribution is -2.40. The van der Waals surface area contributed by atoms with Crippen molar-refractivity contribution in [2.24, 2.45) is 5.92 Å². The minimum absolute atomic E-state index is 0.103. The molecule has 2 heterocycles. The molecule has 2 N–H and O–H groups in total. The van der Waals surface area contributed by atoms with Crippen LogP contribution in [0.15, 0.2) is 65.6 Å². The molecule has 0 unspecified atom stereocenters. The van der Waals surface area contributed by atoms with E-state index in [9.17, 15) is 4.79 Å². The van der Waals surface area contributed by atoms with Crippen molar-refractivity contribution < 1.29 is 4.79 Å². The molecule has 0 atom stereocenters. The van der Waals surface area contributed by atoms with Crippen molar-refractivity contribution in [2.75, 3.05) is 46.8 Å². The fraction of sp³-hybridized carbons (Fsp3) is 0.441. The van der Waals surface area contributed by atoms with Crippen LogP contribution in [0.3, 0.4) is 0 Å². The van der Waals surface area contributed by atoms with Crippen molar-refractivity contribution in [3.8, 4) is 11.1 Å². The van der Waals surface area contributed by atoms with Crippen molar-refractivity contribution in [3.05, 3.63) is 87.4 Å². The molecular formula is C34H42Cl2N4OS. The van der Waals surface area contributed by atoms with Gasteiger partial charge in [0.05, 0.1) is 0 Å². The largest absolute Gasteiger partial charge is 0.341 e. The van der Waals surface area contributed by atoms with E-state index in [0.717, 1.165) is 55.9 Å². The fourth-order valence-electron chi connectivity index (χ4n) is 6.10. The summed E-state index contributed by atoms with van der Waals surface area (Å²) < 4.78 is 0. The number of halogens is 2. The average molecular weight is 626 g/mol. The van der Waals surface area contributed by atoms with Crippen LogP contribution in [-0.4, -0.2) is 62.7 Å². The van der Waals surface area contributed by atoms with E-state index in [1.54, 1.807) is 13.1 Å². The maximum Gasteiger partial charge on any atom is 0.314 e. The number of hydrogen-bond acceptors (Lipinski definition) is 4. The summed E-state index contributed by atoms with van der Waals surface area (Å²) in [5.74, 6) is 2.10. The molecule has 224 valence electrons. The Morgan fingerprint density at radius 3 is 2.17 bits per heavy atom. The molecule has 2 saturated heterocycles. The zero-order valence-electron chi connectivity index (χ0n) is 24.7. The third-order valence-corrected chi connectivity index (χ3v) is 10.1. The van der Waals surface area contributed by atoms with E-state index in [1.807, 2.05) is 23.9 Å². The summed E-state index contributed by atoms with van der Waals surface area (Å²) >= 11 is 14.7. The predicted octanol–water partition coefficient (Wildman–Crippen LogP) is 7.90. The van der Waals surface area contributed by atoms with Crippen LogP contribution in [-0.2, 0) is 12.3 Å². The van der Waals surface area contributed by atoms with Crippen LogP contribution in [0.1, 0.15) is 48.3 Å². The Bertz CT molecular complexity index is 1320. The standard InChI is InChI=1S/C34H42Cl2N4OS/c1-37-34(41)38-21-24-7-13-40(14-8-24)22-25-15-26(17-29(16-25)30-18-31(35)20-32(36)19-30)23-42-33-5-3-27(4-6-33)28-9-11-39(2)12-10-28/h3-6,15-20,24,28H,7-14,21-23H2,1-2H3,(H2,37,38,41). The van der Waals surface area contributed by atoms with E-state index in [4.69, 9.17) is 23.2 Å². The third kappa shape index (κ3) is 8.90. The number of carbonyl (C=O) groups excluding carboxylic acids is 1. The first-order valence-electron chi connectivity index (χ1n) is 15.0. The summed E-state index contributed by atoms with van der Waals surface area (Å²) in [6.45, 7) is 6.07. The van der Waals surface area contributed by atoms with Gasteiger partial charge in [0.15, 0.2) is 0 Å². The number of benzene rings is 3. The molecule has 2 amide bonds. The number of amides is 2. The van der Waals surface area contributed by atoms with E-state index in [-0.39, 0.29) is 6.03 Å². The zero-order valence-corrected chi connectivity index (χ0v) is 27.0. The number of urea groups is 1. The number of nitrogens with one attached hydrogen (secondary N) is 2. The van der Waals surface area contributed by atoms with Crippen molar-refractivity contribution >= 4 is 41.0 Å². The maximum absolute atomic E-state index is 11.6. The Morgan fingerprint density at radius 2 is 1.50 bits per heavy atom. The van der Waals surface area contributed by atoms with Gasteiger partial charge in [0.25, 0.3) is 0 Å². The topological polar surface area (TPSA) is 47.6 Å². The molecule has 2 aliphatic rings. The molecule has 3 aromatic rings. The van der Waals surface area contributed by atoms with Gasteiger partial charge in [-0.3, -0.25) is 4.90 Å². The van der Waals surface area contributed by atoms with Crippen LogP contribution >= 0.6 is 35.0 Å². The zero-order chi connectivity index (χ0) is 29.5. The highest BCUT2D eigenvalue weighted by molar-refractivity contribution is 7.98. The van der Waals surface area contributed by atoms with Crippen molar-refractivity contribution in [3.63, 3.8) is 0 Å². The van der Waals surface area contributed by atoms with Gasteiger partial charge in [-0.05, 0) is 135 Å². The van der Waals surface area contributed by atoms with Gasteiger partial charge in [0.1, 0.15) is 0 Å². The smallest absolute Gasteiger partial charge is 0.314 e. The molecule has 5 rings (SSSR count).